The number of piperazine rings is 1. The van der Waals surface area contributed by atoms with Crippen LogP contribution in [-0.2, 0) is 11.3 Å². The first kappa shape index (κ1) is 28.5. The van der Waals surface area contributed by atoms with Crippen LogP contribution in [0.25, 0.3) is 10.9 Å². The fourth-order valence-corrected chi connectivity index (χ4v) is 5.74. The van der Waals surface area contributed by atoms with Gasteiger partial charge in [0.2, 0.25) is 5.91 Å². The van der Waals surface area contributed by atoms with E-state index >= 15 is 0 Å². The van der Waals surface area contributed by atoms with Crippen molar-refractivity contribution in [1.82, 2.24) is 20.1 Å². The van der Waals surface area contributed by atoms with Gasteiger partial charge < -0.3 is 30.3 Å². The van der Waals surface area contributed by atoms with Gasteiger partial charge in [-0.05, 0) is 55.6 Å². The van der Waals surface area contributed by atoms with E-state index in [1.165, 1.54) is 0 Å². The summed E-state index contributed by atoms with van der Waals surface area (Å²) in [5.74, 6) is -0.544. The number of hydrogen-bond donors (Lipinski definition) is 3. The second-order valence-corrected chi connectivity index (χ2v) is 11.3. The summed E-state index contributed by atoms with van der Waals surface area (Å²) in [4.78, 5) is 36.7. The van der Waals surface area contributed by atoms with Crippen molar-refractivity contribution in [3.8, 4) is 0 Å². The Morgan fingerprint density at radius 3 is 2.46 bits per heavy atom. The zero-order valence-electron chi connectivity index (χ0n) is 23.7. The Labute approximate surface area is 246 Å². The average molecular weight is 573 g/mol. The molecule has 9 heteroatoms. The normalized spacial score (nSPS) is 15.1. The Kier molecular flexibility index (Phi) is 8.81. The van der Waals surface area contributed by atoms with Crippen LogP contribution in [0.3, 0.4) is 0 Å². The molecule has 1 fully saturated rings. The van der Waals surface area contributed by atoms with Crippen LogP contribution < -0.4 is 15.5 Å². The molecule has 0 radical (unpaired) electrons. The van der Waals surface area contributed by atoms with Crippen molar-refractivity contribution in [3.05, 3.63) is 95.1 Å². The van der Waals surface area contributed by atoms with Crippen molar-refractivity contribution in [2.75, 3.05) is 50.5 Å². The Morgan fingerprint density at radius 2 is 1.71 bits per heavy atom. The number of aromatic amines is 1. The zero-order chi connectivity index (χ0) is 28.9. The second-order valence-electron chi connectivity index (χ2n) is 10.9. The average Bonchev–Trinajstić information content (AvgIpc) is 3.40. The third kappa shape index (κ3) is 6.66. The van der Waals surface area contributed by atoms with Gasteiger partial charge in [-0.15, -0.1) is 0 Å². The number of carbonyl (C=O) groups excluding carboxylic acids is 2. The molecule has 4 aromatic rings. The van der Waals surface area contributed by atoms with Gasteiger partial charge in [-0.1, -0.05) is 61.0 Å². The number of para-hydroxylation sites is 2. The summed E-state index contributed by atoms with van der Waals surface area (Å²) in [7, 11) is 4.02. The van der Waals surface area contributed by atoms with Gasteiger partial charge in [-0.3, -0.25) is 4.79 Å². The molecular formula is C32H37ClN6O2. The standard InChI is InChI=1S/C32H37ClN6O2/c1-22(26-20-34-28-13-6-4-11-25(26)28)30(31(40)35-24-10-8-9-23(19-24)21-37(2)3)36-32(41)39-17-15-38(16-18-39)29-14-7-5-12-27(29)33/h4-14,19-20,22,30,34H,15-18,21H2,1-3H3,(H,35,40)(H,36,41)/t22-,30+/m0/s1. The molecule has 1 saturated heterocycles. The molecule has 2 heterocycles. The van der Waals surface area contributed by atoms with Gasteiger partial charge >= 0.3 is 6.03 Å². The van der Waals surface area contributed by atoms with Gasteiger partial charge in [0, 0.05) is 61.4 Å². The number of amides is 3. The van der Waals surface area contributed by atoms with Crippen molar-refractivity contribution < 1.29 is 9.59 Å². The second kappa shape index (κ2) is 12.7. The van der Waals surface area contributed by atoms with Crippen molar-refractivity contribution in [3.63, 3.8) is 0 Å². The minimum absolute atomic E-state index is 0.253. The monoisotopic (exact) mass is 572 g/mol. The molecule has 41 heavy (non-hydrogen) atoms. The number of carbonyl (C=O) groups is 2. The van der Waals surface area contributed by atoms with Crippen molar-refractivity contribution in [1.29, 1.82) is 0 Å². The molecule has 1 aromatic heterocycles. The lowest BCUT2D eigenvalue weighted by Crippen LogP contribution is -2.56. The van der Waals surface area contributed by atoms with E-state index in [2.05, 4.69) is 25.4 Å². The Bertz CT molecular complexity index is 1510. The topological polar surface area (TPSA) is 83.7 Å². The lowest BCUT2D eigenvalue weighted by Gasteiger charge is -2.37. The van der Waals surface area contributed by atoms with E-state index in [1.807, 2.05) is 100 Å². The van der Waals surface area contributed by atoms with Crippen LogP contribution in [0, 0.1) is 0 Å². The highest BCUT2D eigenvalue weighted by molar-refractivity contribution is 6.33. The number of aromatic nitrogens is 1. The summed E-state index contributed by atoms with van der Waals surface area (Å²) in [5.41, 5.74) is 4.73. The number of H-pyrrole nitrogens is 1. The number of hydrogen-bond acceptors (Lipinski definition) is 4. The highest BCUT2D eigenvalue weighted by Gasteiger charge is 2.32. The van der Waals surface area contributed by atoms with Crippen LogP contribution in [0.5, 0.6) is 0 Å². The van der Waals surface area contributed by atoms with E-state index in [0.717, 1.165) is 34.3 Å². The summed E-state index contributed by atoms with van der Waals surface area (Å²) in [6, 6.07) is 22.5. The largest absolute Gasteiger partial charge is 0.367 e. The number of nitrogens with zero attached hydrogens (tertiary/aromatic N) is 3. The van der Waals surface area contributed by atoms with E-state index in [1.54, 1.807) is 4.90 Å². The van der Waals surface area contributed by atoms with Crippen LogP contribution in [0.2, 0.25) is 5.02 Å². The quantitative estimate of drug-likeness (QED) is 0.259. The fourth-order valence-electron chi connectivity index (χ4n) is 5.48. The number of urea groups is 1. The third-order valence-electron chi connectivity index (χ3n) is 7.63. The van der Waals surface area contributed by atoms with Gasteiger partial charge in [0.1, 0.15) is 6.04 Å². The van der Waals surface area contributed by atoms with E-state index in [4.69, 9.17) is 11.6 Å². The van der Waals surface area contributed by atoms with Gasteiger partial charge in [-0.2, -0.15) is 0 Å². The van der Waals surface area contributed by atoms with Gasteiger partial charge in [0.25, 0.3) is 0 Å². The highest BCUT2D eigenvalue weighted by Crippen LogP contribution is 2.29. The van der Waals surface area contributed by atoms with Crippen LogP contribution in [-0.4, -0.2) is 73.0 Å². The number of nitrogens with one attached hydrogen (secondary N) is 3. The van der Waals surface area contributed by atoms with Crippen molar-refractivity contribution in [2.24, 2.45) is 0 Å². The SMILES string of the molecule is C[C@@H](c1c[nH]c2ccccc12)[C@@H](NC(=O)N1CCN(c2ccccc2Cl)CC1)C(=O)Nc1cccc(CN(C)C)c1. The van der Waals surface area contributed by atoms with Crippen LogP contribution >= 0.6 is 11.6 Å². The Hall–Kier alpha value is -4.01. The smallest absolute Gasteiger partial charge is 0.318 e. The molecule has 3 aromatic carbocycles. The maximum Gasteiger partial charge on any atom is 0.318 e. The lowest BCUT2D eigenvalue weighted by atomic mass is 9.92. The molecule has 0 bridgehead atoms. The van der Waals surface area contributed by atoms with Crippen LogP contribution in [0.4, 0.5) is 16.2 Å². The highest BCUT2D eigenvalue weighted by atomic mass is 35.5. The Morgan fingerprint density at radius 1 is 0.976 bits per heavy atom. The molecule has 0 spiro atoms. The molecule has 0 unspecified atom stereocenters. The molecule has 3 N–H and O–H groups in total. The number of fused-ring (bicyclic) bond motifs is 1. The molecule has 214 valence electrons. The first-order valence-corrected chi connectivity index (χ1v) is 14.3. The summed E-state index contributed by atoms with van der Waals surface area (Å²) in [6.07, 6.45) is 1.93. The maximum atomic E-state index is 13.8. The van der Waals surface area contributed by atoms with E-state index in [9.17, 15) is 9.59 Å². The Balaban J connectivity index is 1.34. The van der Waals surface area contributed by atoms with E-state index in [0.29, 0.717) is 36.9 Å². The van der Waals surface area contributed by atoms with Crippen LogP contribution in [0.15, 0.2) is 79.0 Å². The first-order valence-electron chi connectivity index (χ1n) is 14.0. The lowest BCUT2D eigenvalue weighted by molar-refractivity contribution is -0.118. The number of rotatable bonds is 8. The van der Waals surface area contributed by atoms with Crippen LogP contribution in [0.1, 0.15) is 24.0 Å². The molecule has 3 amide bonds. The first-order chi connectivity index (χ1) is 19.8. The third-order valence-corrected chi connectivity index (χ3v) is 7.95. The van der Waals surface area contributed by atoms with Gasteiger partial charge in [0.15, 0.2) is 0 Å². The molecule has 5 rings (SSSR count). The predicted octanol–water partition coefficient (Wildman–Crippen LogP) is 5.53. The summed E-state index contributed by atoms with van der Waals surface area (Å²) < 4.78 is 0. The zero-order valence-corrected chi connectivity index (χ0v) is 24.5. The van der Waals surface area contributed by atoms with E-state index < -0.39 is 6.04 Å². The van der Waals surface area contributed by atoms with E-state index in [-0.39, 0.29) is 17.9 Å². The molecule has 2 atom stereocenters. The van der Waals surface area contributed by atoms with Crippen molar-refractivity contribution >= 4 is 45.8 Å². The van der Waals surface area contributed by atoms with Gasteiger partial charge in [-0.25, -0.2) is 4.79 Å². The summed E-state index contributed by atoms with van der Waals surface area (Å²) in [6.45, 7) is 5.11. The number of benzene rings is 3. The van der Waals surface area contributed by atoms with Gasteiger partial charge in [0.05, 0.1) is 10.7 Å². The summed E-state index contributed by atoms with van der Waals surface area (Å²) >= 11 is 6.40. The minimum atomic E-state index is -0.791. The fraction of sp³-hybridized carbons (Fsp3) is 0.312. The van der Waals surface area contributed by atoms with Crippen molar-refractivity contribution in [2.45, 2.75) is 25.4 Å². The maximum absolute atomic E-state index is 13.8. The minimum Gasteiger partial charge on any atom is -0.367 e. The molecule has 0 aliphatic carbocycles. The summed E-state index contributed by atoms with van der Waals surface area (Å²) in [5, 5.41) is 7.88. The molecule has 8 nitrogen and oxygen atoms in total. The predicted molar refractivity (Wildman–Crippen MR) is 167 cm³/mol. The molecule has 1 aliphatic heterocycles. The number of halogens is 1. The molecule has 1 aliphatic rings. The molecular weight excluding hydrogens is 536 g/mol. The number of anilines is 2. The molecule has 0 saturated carbocycles.